The van der Waals surface area contributed by atoms with E-state index in [0.717, 1.165) is 35.7 Å². The summed E-state index contributed by atoms with van der Waals surface area (Å²) in [7, 11) is 0. The van der Waals surface area contributed by atoms with E-state index in [0.29, 0.717) is 48.9 Å². The summed E-state index contributed by atoms with van der Waals surface area (Å²) in [5.74, 6) is 0.238. The zero-order chi connectivity index (χ0) is 29.3. The van der Waals surface area contributed by atoms with Gasteiger partial charge in [-0.2, -0.15) is 0 Å². The van der Waals surface area contributed by atoms with Crippen LogP contribution in [0.5, 0.6) is 0 Å². The van der Waals surface area contributed by atoms with Gasteiger partial charge in [0.25, 0.3) is 0 Å². The summed E-state index contributed by atoms with van der Waals surface area (Å²) >= 11 is 6.47. The van der Waals surface area contributed by atoms with Crippen molar-refractivity contribution in [3.05, 3.63) is 77.1 Å². The molecule has 5 rings (SSSR count). The van der Waals surface area contributed by atoms with E-state index in [1.54, 1.807) is 29.3 Å². The molecule has 9 nitrogen and oxygen atoms in total. The minimum absolute atomic E-state index is 0.0105. The highest BCUT2D eigenvalue weighted by atomic mass is 35.5. The Bertz CT molecular complexity index is 1390. The number of rotatable bonds is 10. The number of hydrogen-bond donors (Lipinski definition) is 1. The molecule has 2 aromatic heterocycles. The summed E-state index contributed by atoms with van der Waals surface area (Å²) in [4.78, 5) is 39.1. The van der Waals surface area contributed by atoms with Crippen molar-refractivity contribution in [2.75, 3.05) is 49.3 Å². The van der Waals surface area contributed by atoms with E-state index >= 15 is 0 Å². The van der Waals surface area contributed by atoms with E-state index in [9.17, 15) is 9.59 Å². The first kappa shape index (κ1) is 29.7. The molecule has 2 fully saturated rings. The first-order chi connectivity index (χ1) is 20.5. The van der Waals surface area contributed by atoms with E-state index in [2.05, 4.69) is 14.9 Å². The average Bonchev–Trinajstić information content (AvgIpc) is 3.57. The minimum atomic E-state index is -0.576. The Kier molecular flexibility index (Phi) is 10.2. The molecule has 2 saturated heterocycles. The molecule has 4 heterocycles. The predicted molar refractivity (Wildman–Crippen MR) is 162 cm³/mol. The van der Waals surface area contributed by atoms with Gasteiger partial charge in [0, 0.05) is 67.0 Å². The first-order valence-electron chi connectivity index (χ1n) is 14.3. The molecule has 0 atom stereocenters. The van der Waals surface area contributed by atoms with Crippen molar-refractivity contribution < 1.29 is 24.2 Å². The summed E-state index contributed by atoms with van der Waals surface area (Å²) in [6, 6.07) is 13.3. The Balaban J connectivity index is 1.36. The fraction of sp³-hybridized carbons (Fsp3) is 0.375. The number of hydrogen-bond acceptors (Lipinski definition) is 8. The number of nitrogens with zero attached hydrogens (tertiary/aromatic N) is 4. The van der Waals surface area contributed by atoms with Gasteiger partial charge in [-0.3, -0.25) is 9.78 Å². The molecule has 0 spiro atoms. The Morgan fingerprint density at radius 3 is 2.57 bits per heavy atom. The third-order valence-corrected chi connectivity index (χ3v) is 7.66. The van der Waals surface area contributed by atoms with Gasteiger partial charge < -0.3 is 24.4 Å². The van der Waals surface area contributed by atoms with Gasteiger partial charge in [-0.15, -0.1) is 0 Å². The van der Waals surface area contributed by atoms with E-state index in [4.69, 9.17) is 26.2 Å². The van der Waals surface area contributed by atoms with Gasteiger partial charge in [-0.05, 0) is 79.3 Å². The van der Waals surface area contributed by atoms with Gasteiger partial charge in [0.05, 0.1) is 18.8 Å². The Labute approximate surface area is 250 Å². The highest BCUT2D eigenvalue weighted by molar-refractivity contribution is 6.31. The maximum Gasteiger partial charge on any atom is 0.330 e. The van der Waals surface area contributed by atoms with Gasteiger partial charge in [-0.1, -0.05) is 17.7 Å². The fourth-order valence-corrected chi connectivity index (χ4v) is 5.45. The quantitative estimate of drug-likeness (QED) is 0.262. The summed E-state index contributed by atoms with van der Waals surface area (Å²) < 4.78 is 10.4. The van der Waals surface area contributed by atoms with Crippen LogP contribution < -0.4 is 9.80 Å². The molecule has 1 aromatic carbocycles. The van der Waals surface area contributed by atoms with Crippen molar-refractivity contribution in [2.24, 2.45) is 5.92 Å². The fourth-order valence-electron chi connectivity index (χ4n) is 5.21. The molecule has 2 aliphatic heterocycles. The highest BCUT2D eigenvalue weighted by Crippen LogP contribution is 2.29. The number of ether oxygens (including phenoxy) is 2. The molecule has 10 heteroatoms. The van der Waals surface area contributed by atoms with E-state index in [-0.39, 0.29) is 25.0 Å². The van der Waals surface area contributed by atoms with E-state index < -0.39 is 5.97 Å². The number of aromatic nitrogens is 2. The van der Waals surface area contributed by atoms with Crippen LogP contribution in [0.1, 0.15) is 36.8 Å². The molecule has 3 aromatic rings. The number of pyridine rings is 2. The van der Waals surface area contributed by atoms with Gasteiger partial charge in [0.15, 0.2) is 0 Å². The second-order valence-electron chi connectivity index (χ2n) is 10.4. The van der Waals surface area contributed by atoms with Crippen molar-refractivity contribution in [3.63, 3.8) is 0 Å². The lowest BCUT2D eigenvalue weighted by atomic mass is 9.97. The lowest BCUT2D eigenvalue weighted by molar-refractivity contribution is -0.138. The molecule has 220 valence electrons. The second kappa shape index (κ2) is 14.4. The van der Waals surface area contributed by atoms with Crippen molar-refractivity contribution in [2.45, 2.75) is 32.2 Å². The van der Waals surface area contributed by atoms with Gasteiger partial charge >= 0.3 is 5.97 Å². The molecule has 42 heavy (non-hydrogen) atoms. The van der Waals surface area contributed by atoms with Crippen molar-refractivity contribution in [1.82, 2.24) is 9.97 Å². The third kappa shape index (κ3) is 7.73. The summed E-state index contributed by atoms with van der Waals surface area (Å²) in [6.45, 7) is 3.16. The number of benzene rings is 1. The number of anilines is 2. The molecule has 0 aliphatic carbocycles. The zero-order valence-electron chi connectivity index (χ0n) is 23.5. The van der Waals surface area contributed by atoms with Crippen LogP contribution in [-0.4, -0.2) is 66.5 Å². The van der Waals surface area contributed by atoms with Crippen LogP contribution in [0.3, 0.4) is 0 Å². The van der Waals surface area contributed by atoms with E-state index in [1.807, 2.05) is 36.5 Å². The number of aliphatic hydroxyl groups is 1. The van der Waals surface area contributed by atoms with E-state index in [1.165, 1.54) is 18.9 Å². The van der Waals surface area contributed by atoms with Crippen molar-refractivity contribution in [1.29, 1.82) is 0 Å². The molecule has 1 amide bonds. The molecule has 0 radical (unpaired) electrons. The number of carbonyl (C=O) groups excluding carboxylic acids is 2. The third-order valence-electron chi connectivity index (χ3n) is 7.44. The lowest BCUT2D eigenvalue weighted by Gasteiger charge is -2.30. The molecule has 0 unspecified atom stereocenters. The van der Waals surface area contributed by atoms with Crippen LogP contribution in [0.25, 0.3) is 17.3 Å². The molecule has 1 N–H and O–H groups in total. The number of aliphatic hydroxyl groups excluding tert-OH is 1. The molecule has 0 saturated carbocycles. The summed E-state index contributed by atoms with van der Waals surface area (Å²) in [5.41, 5.74) is 3.87. The SMILES string of the molecule is O=C(/C=C/c1cc(Cl)cc(N(Cc2ccc(-c3ccc(N4CCCC4)nc3)nc2)C(=O)C2CCOCC2)c1)OCCO. The average molecular weight is 591 g/mol. The topological polar surface area (TPSA) is 105 Å². The monoisotopic (exact) mass is 590 g/mol. The molecular weight excluding hydrogens is 556 g/mol. The molecule has 0 bridgehead atoms. The molecular formula is C32H35ClN4O5. The standard InChI is InChI=1S/C32H35ClN4O5/c33-27-17-23(4-8-31(39)42-16-13-38)18-28(19-27)37(32(40)25-9-14-41-15-10-25)22-24-3-6-29(34-20-24)26-5-7-30(35-21-26)36-11-1-2-12-36/h3-8,17-21,25,38H,1-2,9-16,22H2/b8-4+. The van der Waals surface area contributed by atoms with Crippen LogP contribution in [0.4, 0.5) is 11.5 Å². The maximum atomic E-state index is 13.8. The van der Waals surface area contributed by atoms with Gasteiger partial charge in [0.2, 0.25) is 5.91 Å². The van der Waals surface area contributed by atoms with Gasteiger partial charge in [-0.25, -0.2) is 9.78 Å². The number of halogens is 1. The molecule has 2 aliphatic rings. The normalized spacial score (nSPS) is 15.7. The predicted octanol–water partition coefficient (Wildman–Crippen LogP) is 4.91. The van der Waals surface area contributed by atoms with Crippen molar-refractivity contribution >= 4 is 41.1 Å². The lowest BCUT2D eigenvalue weighted by Crippen LogP contribution is -2.38. The Morgan fingerprint density at radius 1 is 1.07 bits per heavy atom. The van der Waals surface area contributed by atoms with Crippen LogP contribution in [0.2, 0.25) is 5.02 Å². The Morgan fingerprint density at radius 2 is 1.88 bits per heavy atom. The maximum absolute atomic E-state index is 13.8. The van der Waals surface area contributed by atoms with Gasteiger partial charge in [0.1, 0.15) is 12.4 Å². The van der Waals surface area contributed by atoms with Crippen LogP contribution >= 0.6 is 11.6 Å². The number of esters is 1. The Hall–Kier alpha value is -3.79. The summed E-state index contributed by atoms with van der Waals surface area (Å²) in [6.07, 6.45) is 10.2. The first-order valence-corrected chi connectivity index (χ1v) is 14.7. The zero-order valence-corrected chi connectivity index (χ0v) is 24.2. The number of amides is 1. The van der Waals surface area contributed by atoms with Crippen LogP contribution in [0, 0.1) is 5.92 Å². The van der Waals surface area contributed by atoms with Crippen molar-refractivity contribution in [3.8, 4) is 11.3 Å². The van der Waals surface area contributed by atoms with Crippen LogP contribution in [-0.2, 0) is 25.6 Å². The highest BCUT2D eigenvalue weighted by Gasteiger charge is 2.28. The minimum Gasteiger partial charge on any atom is -0.460 e. The smallest absolute Gasteiger partial charge is 0.330 e. The second-order valence-corrected chi connectivity index (χ2v) is 10.9. The number of carbonyl (C=O) groups is 2. The van der Waals surface area contributed by atoms with Crippen LogP contribution in [0.15, 0.2) is 60.9 Å². The largest absolute Gasteiger partial charge is 0.460 e. The summed E-state index contributed by atoms with van der Waals surface area (Å²) in [5, 5.41) is 9.29.